The van der Waals surface area contributed by atoms with Crippen LogP contribution in [0.15, 0.2) is 10.6 Å². The Bertz CT molecular complexity index is 511. The van der Waals surface area contributed by atoms with Crippen molar-refractivity contribution in [2.75, 3.05) is 0 Å². The van der Waals surface area contributed by atoms with Crippen LogP contribution < -0.4 is 5.32 Å². The molecule has 1 atom stereocenters. The molecule has 0 aliphatic carbocycles. The van der Waals surface area contributed by atoms with Gasteiger partial charge in [-0.15, -0.1) is 11.3 Å². The quantitative estimate of drug-likeness (QED) is 0.935. The first-order valence-corrected chi connectivity index (χ1v) is 6.61. The normalized spacial score (nSPS) is 12.9. The highest BCUT2D eigenvalue weighted by Crippen LogP contribution is 2.34. The maximum Gasteiger partial charge on any atom is 0.223 e. The number of thiophene rings is 1. The Morgan fingerprint density at radius 1 is 1.53 bits per heavy atom. The van der Waals surface area contributed by atoms with Crippen LogP contribution in [-0.2, 0) is 6.54 Å². The van der Waals surface area contributed by atoms with Crippen LogP contribution in [0.2, 0.25) is 8.67 Å². The Morgan fingerprint density at radius 3 is 2.82 bits per heavy atom. The fourth-order valence-electron chi connectivity index (χ4n) is 1.42. The van der Waals surface area contributed by atoms with Crippen LogP contribution in [0.3, 0.4) is 0 Å². The Hall–Kier alpha value is -0.620. The Kier molecular flexibility index (Phi) is 4.04. The minimum absolute atomic E-state index is 0.0880. The van der Waals surface area contributed by atoms with Gasteiger partial charge in [0.2, 0.25) is 5.89 Å². The second kappa shape index (κ2) is 5.35. The fraction of sp³-hybridized carbons (Fsp3) is 0.400. The van der Waals surface area contributed by atoms with Crippen molar-refractivity contribution >= 4 is 34.5 Å². The highest BCUT2D eigenvalue weighted by atomic mass is 35.5. The summed E-state index contributed by atoms with van der Waals surface area (Å²) >= 11 is 13.3. The number of halogens is 2. The lowest BCUT2D eigenvalue weighted by Crippen LogP contribution is -2.18. The van der Waals surface area contributed by atoms with E-state index in [0.717, 1.165) is 5.56 Å². The molecule has 0 spiro atoms. The minimum atomic E-state index is 0.0880. The SMILES string of the molecule is Cc1nc(CNC(C)c2cc(Cl)sc2Cl)no1. The van der Waals surface area contributed by atoms with Gasteiger partial charge in [-0.05, 0) is 18.6 Å². The van der Waals surface area contributed by atoms with Crippen LogP contribution in [-0.4, -0.2) is 10.1 Å². The third kappa shape index (κ3) is 3.19. The molecule has 0 bridgehead atoms. The van der Waals surface area contributed by atoms with E-state index in [1.807, 2.05) is 13.0 Å². The minimum Gasteiger partial charge on any atom is -0.340 e. The summed E-state index contributed by atoms with van der Waals surface area (Å²) in [6.45, 7) is 4.30. The molecule has 7 heteroatoms. The van der Waals surface area contributed by atoms with Gasteiger partial charge in [-0.25, -0.2) is 0 Å². The number of nitrogens with zero attached hydrogens (tertiary/aromatic N) is 2. The summed E-state index contributed by atoms with van der Waals surface area (Å²) < 4.78 is 6.28. The van der Waals surface area contributed by atoms with E-state index in [0.29, 0.717) is 26.9 Å². The molecule has 2 rings (SSSR count). The lowest BCUT2D eigenvalue weighted by atomic mass is 10.2. The van der Waals surface area contributed by atoms with Gasteiger partial charge >= 0.3 is 0 Å². The molecule has 0 aliphatic heterocycles. The van der Waals surface area contributed by atoms with E-state index in [2.05, 4.69) is 15.5 Å². The summed E-state index contributed by atoms with van der Waals surface area (Å²) in [6.07, 6.45) is 0. The zero-order chi connectivity index (χ0) is 12.4. The zero-order valence-electron chi connectivity index (χ0n) is 9.33. The van der Waals surface area contributed by atoms with Crippen molar-refractivity contribution in [2.45, 2.75) is 26.4 Å². The molecule has 2 aromatic heterocycles. The maximum atomic E-state index is 6.07. The maximum absolute atomic E-state index is 6.07. The van der Waals surface area contributed by atoms with Crippen LogP contribution in [0.4, 0.5) is 0 Å². The molecule has 92 valence electrons. The summed E-state index contributed by atoms with van der Waals surface area (Å²) in [5.41, 5.74) is 0.988. The van der Waals surface area contributed by atoms with Gasteiger partial charge in [0.05, 0.1) is 15.2 Å². The molecule has 0 aromatic carbocycles. The molecule has 0 aliphatic rings. The standard InChI is InChI=1S/C10H11Cl2N3OS/c1-5(7-3-8(11)17-10(7)12)13-4-9-14-6(2)16-15-9/h3,5,13H,4H2,1-2H3. The molecule has 4 nitrogen and oxygen atoms in total. The topological polar surface area (TPSA) is 51.0 Å². The van der Waals surface area contributed by atoms with Gasteiger partial charge in [0.25, 0.3) is 0 Å². The molecule has 17 heavy (non-hydrogen) atoms. The largest absolute Gasteiger partial charge is 0.340 e. The van der Waals surface area contributed by atoms with Gasteiger partial charge in [0, 0.05) is 13.0 Å². The average Bonchev–Trinajstić information content (AvgIpc) is 2.81. The number of nitrogens with one attached hydrogen (secondary N) is 1. The molecule has 0 fully saturated rings. The molecular weight excluding hydrogens is 281 g/mol. The second-order valence-electron chi connectivity index (χ2n) is 3.61. The Morgan fingerprint density at radius 2 is 2.29 bits per heavy atom. The molecule has 0 amide bonds. The van der Waals surface area contributed by atoms with E-state index >= 15 is 0 Å². The summed E-state index contributed by atoms with van der Waals surface area (Å²) in [5, 5.41) is 7.07. The zero-order valence-corrected chi connectivity index (χ0v) is 11.7. The first kappa shape index (κ1) is 12.8. The first-order valence-electron chi connectivity index (χ1n) is 5.03. The summed E-state index contributed by atoms with van der Waals surface area (Å²) in [6, 6.07) is 1.96. The van der Waals surface area contributed by atoms with Crippen molar-refractivity contribution in [2.24, 2.45) is 0 Å². The molecule has 2 heterocycles. The number of aromatic nitrogens is 2. The van der Waals surface area contributed by atoms with Crippen molar-refractivity contribution in [3.63, 3.8) is 0 Å². The average molecular weight is 292 g/mol. The van der Waals surface area contributed by atoms with E-state index < -0.39 is 0 Å². The first-order chi connectivity index (χ1) is 8.06. The molecule has 0 saturated carbocycles. The lowest BCUT2D eigenvalue weighted by Gasteiger charge is -2.11. The predicted molar refractivity (Wildman–Crippen MR) is 68.6 cm³/mol. The van der Waals surface area contributed by atoms with Crippen molar-refractivity contribution in [1.82, 2.24) is 15.5 Å². The van der Waals surface area contributed by atoms with Gasteiger partial charge in [-0.1, -0.05) is 28.4 Å². The lowest BCUT2D eigenvalue weighted by molar-refractivity contribution is 0.384. The van der Waals surface area contributed by atoms with Crippen LogP contribution >= 0.6 is 34.5 Å². The van der Waals surface area contributed by atoms with Crippen molar-refractivity contribution < 1.29 is 4.52 Å². The van der Waals surface area contributed by atoms with Gasteiger partial charge in [0.1, 0.15) is 0 Å². The van der Waals surface area contributed by atoms with Gasteiger partial charge < -0.3 is 9.84 Å². The molecule has 0 radical (unpaired) electrons. The van der Waals surface area contributed by atoms with Crippen LogP contribution in [0.25, 0.3) is 0 Å². The summed E-state index contributed by atoms with van der Waals surface area (Å²) in [4.78, 5) is 4.11. The summed E-state index contributed by atoms with van der Waals surface area (Å²) in [5.74, 6) is 1.19. The van der Waals surface area contributed by atoms with E-state index in [4.69, 9.17) is 27.7 Å². The van der Waals surface area contributed by atoms with Crippen LogP contribution in [0.1, 0.15) is 30.2 Å². The predicted octanol–water partition coefficient (Wildman–Crippen LogP) is 3.60. The fourth-order valence-corrected chi connectivity index (χ4v) is 3.06. The molecular formula is C10H11Cl2N3OS. The third-order valence-corrected chi connectivity index (χ3v) is 3.80. The number of hydrogen-bond acceptors (Lipinski definition) is 5. The summed E-state index contributed by atoms with van der Waals surface area (Å²) in [7, 11) is 0. The van der Waals surface area contributed by atoms with E-state index in [9.17, 15) is 0 Å². The van der Waals surface area contributed by atoms with Crippen LogP contribution in [0, 0.1) is 6.92 Å². The van der Waals surface area contributed by atoms with Crippen molar-refractivity contribution in [3.8, 4) is 0 Å². The third-order valence-electron chi connectivity index (χ3n) is 2.29. The Labute approximate surface area is 113 Å². The van der Waals surface area contributed by atoms with E-state index in [-0.39, 0.29) is 6.04 Å². The smallest absolute Gasteiger partial charge is 0.223 e. The molecule has 2 aromatic rings. The molecule has 0 saturated heterocycles. The van der Waals surface area contributed by atoms with Crippen molar-refractivity contribution in [3.05, 3.63) is 32.0 Å². The van der Waals surface area contributed by atoms with Crippen molar-refractivity contribution in [1.29, 1.82) is 0 Å². The Balaban J connectivity index is 1.97. The number of hydrogen-bond donors (Lipinski definition) is 1. The van der Waals surface area contributed by atoms with Gasteiger partial charge in [-0.2, -0.15) is 4.98 Å². The van der Waals surface area contributed by atoms with Crippen LogP contribution in [0.5, 0.6) is 0 Å². The van der Waals surface area contributed by atoms with E-state index in [1.54, 1.807) is 6.92 Å². The molecule has 1 unspecified atom stereocenters. The monoisotopic (exact) mass is 291 g/mol. The second-order valence-corrected chi connectivity index (χ2v) is 5.90. The highest BCUT2D eigenvalue weighted by molar-refractivity contribution is 7.20. The molecule has 1 N–H and O–H groups in total. The van der Waals surface area contributed by atoms with Gasteiger partial charge in [0.15, 0.2) is 5.82 Å². The highest BCUT2D eigenvalue weighted by Gasteiger charge is 2.13. The van der Waals surface area contributed by atoms with E-state index in [1.165, 1.54) is 11.3 Å². The van der Waals surface area contributed by atoms with Gasteiger partial charge in [-0.3, -0.25) is 0 Å². The number of rotatable bonds is 4. The number of aryl methyl sites for hydroxylation is 1.